The van der Waals surface area contributed by atoms with Gasteiger partial charge in [0.05, 0.1) is 5.56 Å². The Morgan fingerprint density at radius 2 is 1.33 bits per heavy atom. The Bertz CT molecular complexity index is 273. The molecular weight excluding hydrogens is 301 g/mol. The van der Waals surface area contributed by atoms with Crippen LogP contribution in [0.4, 0.5) is 13.2 Å². The zero-order chi connectivity index (χ0) is 9.35. The van der Waals surface area contributed by atoms with E-state index >= 15 is 0 Å². The summed E-state index contributed by atoms with van der Waals surface area (Å²) in [5.41, 5.74) is -0.663. The van der Waals surface area contributed by atoms with E-state index in [0.29, 0.717) is 8.95 Å². The van der Waals surface area contributed by atoms with Gasteiger partial charge in [0, 0.05) is 8.95 Å². The van der Waals surface area contributed by atoms with Crippen molar-refractivity contribution in [3.63, 3.8) is 0 Å². The highest BCUT2D eigenvalue weighted by atomic mass is 79.9. The minimum atomic E-state index is -4.29. The van der Waals surface area contributed by atoms with Crippen LogP contribution in [0.1, 0.15) is 5.56 Å². The predicted octanol–water partition coefficient (Wildman–Crippen LogP) is 4.23. The van der Waals surface area contributed by atoms with Gasteiger partial charge in [0.1, 0.15) is 0 Å². The van der Waals surface area contributed by atoms with Crippen molar-refractivity contribution in [1.82, 2.24) is 0 Å². The molecule has 0 atom stereocenters. The molecule has 0 nitrogen and oxygen atoms in total. The van der Waals surface area contributed by atoms with Crippen molar-refractivity contribution in [2.75, 3.05) is 0 Å². The third-order valence-corrected chi connectivity index (χ3v) is 2.11. The Hall–Kier alpha value is -0.0300. The molecule has 1 aromatic rings. The van der Waals surface area contributed by atoms with Crippen molar-refractivity contribution in [3.05, 3.63) is 32.7 Å². The van der Waals surface area contributed by atoms with Crippen LogP contribution >= 0.6 is 31.9 Å². The second-order valence-corrected chi connectivity index (χ2v) is 3.99. The maximum Gasteiger partial charge on any atom is 0.416 e. The highest BCUT2D eigenvalue weighted by molar-refractivity contribution is 9.11. The zero-order valence-corrected chi connectivity index (χ0v) is 8.79. The third kappa shape index (κ3) is 2.48. The fraction of sp³-hybridized carbons (Fsp3) is 0.143. The summed E-state index contributed by atoms with van der Waals surface area (Å²) in [7, 11) is 0. The number of halogens is 5. The summed E-state index contributed by atoms with van der Waals surface area (Å²) >= 11 is 5.95. The summed E-state index contributed by atoms with van der Waals surface area (Å²) in [6, 6.07) is 3.62. The normalized spacial score (nSPS) is 11.8. The van der Waals surface area contributed by atoms with Crippen LogP contribution < -0.4 is 0 Å². The van der Waals surface area contributed by atoms with Gasteiger partial charge in [0.15, 0.2) is 0 Å². The van der Waals surface area contributed by atoms with E-state index < -0.39 is 11.7 Å². The number of alkyl halides is 3. The van der Waals surface area contributed by atoms with Gasteiger partial charge in [-0.2, -0.15) is 13.2 Å². The van der Waals surface area contributed by atoms with E-state index in [-0.39, 0.29) is 0 Å². The highest BCUT2D eigenvalue weighted by Crippen LogP contribution is 2.33. The Morgan fingerprint density at radius 1 is 0.917 bits per heavy atom. The zero-order valence-electron chi connectivity index (χ0n) is 5.62. The van der Waals surface area contributed by atoms with Gasteiger partial charge in [-0.3, -0.25) is 0 Å². The summed E-state index contributed by atoms with van der Waals surface area (Å²) < 4.78 is 37.1. The predicted molar refractivity (Wildman–Crippen MR) is 46.8 cm³/mol. The first kappa shape index (κ1) is 10.1. The highest BCUT2D eigenvalue weighted by Gasteiger charge is 2.30. The SMILES string of the molecule is FC(F)(F)c1cc(Br)cc(Br)c1. The molecule has 0 amide bonds. The van der Waals surface area contributed by atoms with Gasteiger partial charge in [0.2, 0.25) is 0 Å². The number of hydrogen-bond donors (Lipinski definition) is 0. The number of benzene rings is 1. The van der Waals surface area contributed by atoms with Crippen LogP contribution in [0.15, 0.2) is 27.1 Å². The fourth-order valence-corrected chi connectivity index (χ4v) is 2.01. The molecule has 1 rings (SSSR count). The van der Waals surface area contributed by atoms with E-state index in [1.807, 2.05) is 0 Å². The molecule has 0 saturated heterocycles. The Morgan fingerprint density at radius 3 is 1.67 bits per heavy atom. The molecule has 0 aliphatic carbocycles. The van der Waals surface area contributed by atoms with Crippen LogP contribution in [0.3, 0.4) is 0 Å². The first-order valence-electron chi connectivity index (χ1n) is 2.93. The van der Waals surface area contributed by atoms with Gasteiger partial charge < -0.3 is 0 Å². The molecule has 0 spiro atoms. The fourth-order valence-electron chi connectivity index (χ4n) is 0.717. The Labute approximate surface area is 84.0 Å². The van der Waals surface area contributed by atoms with Crippen LogP contribution in [0.5, 0.6) is 0 Å². The lowest BCUT2D eigenvalue weighted by Gasteiger charge is -2.06. The van der Waals surface area contributed by atoms with Gasteiger partial charge in [-0.15, -0.1) is 0 Å². The maximum atomic E-state index is 12.1. The molecule has 0 aromatic heterocycles. The van der Waals surface area contributed by atoms with Crippen molar-refractivity contribution in [2.24, 2.45) is 0 Å². The molecule has 66 valence electrons. The van der Waals surface area contributed by atoms with Crippen LogP contribution in [0.25, 0.3) is 0 Å². The van der Waals surface area contributed by atoms with Gasteiger partial charge in [-0.25, -0.2) is 0 Å². The molecule has 0 bridgehead atoms. The monoisotopic (exact) mass is 302 g/mol. The maximum absolute atomic E-state index is 12.1. The van der Waals surface area contributed by atoms with Crippen LogP contribution in [0, 0.1) is 0 Å². The van der Waals surface area contributed by atoms with E-state index in [0.717, 1.165) is 12.1 Å². The van der Waals surface area contributed by atoms with Gasteiger partial charge >= 0.3 is 6.18 Å². The quantitative estimate of drug-likeness (QED) is 0.673. The summed E-state index contributed by atoms with van der Waals surface area (Å²) in [4.78, 5) is 0. The molecule has 0 saturated carbocycles. The minimum absolute atomic E-state index is 0.407. The second kappa shape index (κ2) is 3.38. The molecule has 0 fully saturated rings. The third-order valence-electron chi connectivity index (χ3n) is 1.19. The number of rotatable bonds is 0. The lowest BCUT2D eigenvalue weighted by Crippen LogP contribution is -2.04. The van der Waals surface area contributed by atoms with E-state index in [4.69, 9.17) is 0 Å². The molecule has 0 radical (unpaired) electrons. The average molecular weight is 304 g/mol. The second-order valence-electron chi connectivity index (χ2n) is 2.16. The molecule has 0 unspecified atom stereocenters. The molecule has 12 heavy (non-hydrogen) atoms. The summed E-state index contributed by atoms with van der Waals surface area (Å²) in [6.07, 6.45) is -4.29. The Balaban J connectivity index is 3.18. The summed E-state index contributed by atoms with van der Waals surface area (Å²) in [5.74, 6) is 0. The molecule has 0 heterocycles. The smallest absolute Gasteiger partial charge is 0.166 e. The summed E-state index contributed by atoms with van der Waals surface area (Å²) in [6.45, 7) is 0. The van der Waals surface area contributed by atoms with Crippen molar-refractivity contribution in [2.45, 2.75) is 6.18 Å². The Kier molecular flexibility index (Phi) is 2.83. The van der Waals surface area contributed by atoms with Crippen molar-refractivity contribution < 1.29 is 13.2 Å². The van der Waals surface area contributed by atoms with Gasteiger partial charge in [0.25, 0.3) is 0 Å². The molecule has 0 aliphatic rings. The molecule has 0 aliphatic heterocycles. The topological polar surface area (TPSA) is 0 Å². The van der Waals surface area contributed by atoms with Crippen LogP contribution in [0.2, 0.25) is 0 Å². The number of hydrogen-bond acceptors (Lipinski definition) is 0. The van der Waals surface area contributed by atoms with E-state index in [1.54, 1.807) is 6.07 Å². The van der Waals surface area contributed by atoms with Gasteiger partial charge in [-0.05, 0) is 18.2 Å². The van der Waals surface area contributed by atoms with Crippen LogP contribution in [-0.2, 0) is 6.18 Å². The molecule has 1 aromatic carbocycles. The van der Waals surface area contributed by atoms with Crippen LogP contribution in [-0.4, -0.2) is 0 Å². The largest absolute Gasteiger partial charge is 0.416 e. The lowest BCUT2D eigenvalue weighted by atomic mass is 10.2. The minimum Gasteiger partial charge on any atom is -0.166 e. The van der Waals surface area contributed by atoms with Crippen molar-refractivity contribution >= 4 is 31.9 Å². The molecular formula is C7H3Br2F3. The van der Waals surface area contributed by atoms with E-state index in [1.165, 1.54) is 0 Å². The summed E-state index contributed by atoms with van der Waals surface area (Å²) in [5, 5.41) is 0. The molecule has 5 heteroatoms. The lowest BCUT2D eigenvalue weighted by molar-refractivity contribution is -0.137. The standard InChI is InChI=1S/C7H3Br2F3/c8-5-1-4(7(10,11)12)2-6(9)3-5/h1-3H. The first-order chi connectivity index (χ1) is 5.39. The average Bonchev–Trinajstić information content (AvgIpc) is 1.82. The molecule has 0 N–H and O–H groups in total. The van der Waals surface area contributed by atoms with E-state index in [2.05, 4.69) is 31.9 Å². The van der Waals surface area contributed by atoms with E-state index in [9.17, 15) is 13.2 Å². The van der Waals surface area contributed by atoms with Crippen molar-refractivity contribution in [1.29, 1.82) is 0 Å². The van der Waals surface area contributed by atoms with Gasteiger partial charge in [-0.1, -0.05) is 31.9 Å². The van der Waals surface area contributed by atoms with Crippen molar-refractivity contribution in [3.8, 4) is 0 Å². The first-order valence-corrected chi connectivity index (χ1v) is 4.51.